The zero-order valence-electron chi connectivity index (χ0n) is 29.5. The molecule has 1 heterocycles. The number of nitrogens with zero attached hydrogens (tertiary/aromatic N) is 1. The number of rotatable bonds is 14. The lowest BCUT2D eigenvalue weighted by atomic mass is 10.1. The van der Waals surface area contributed by atoms with E-state index in [4.69, 9.17) is 18.9 Å². The van der Waals surface area contributed by atoms with Gasteiger partial charge in [-0.25, -0.2) is 4.79 Å². The van der Waals surface area contributed by atoms with Crippen LogP contribution in [0.5, 0.6) is 11.5 Å². The van der Waals surface area contributed by atoms with Crippen LogP contribution in [0.4, 0.5) is 16.2 Å². The number of amides is 4. The van der Waals surface area contributed by atoms with Crippen molar-refractivity contribution in [3.63, 3.8) is 0 Å². The first-order chi connectivity index (χ1) is 24.3. The summed E-state index contributed by atoms with van der Waals surface area (Å²) in [6.07, 6.45) is -0.812. The number of nitrogens with one attached hydrogen (secondary N) is 4. The second-order valence-corrected chi connectivity index (χ2v) is 13.4. The van der Waals surface area contributed by atoms with Gasteiger partial charge in [0.05, 0.1) is 38.6 Å². The van der Waals surface area contributed by atoms with E-state index in [9.17, 15) is 24.0 Å². The number of anilines is 2. The number of carbonyl (C=O) groups excluding carboxylic acids is 5. The zero-order valence-corrected chi connectivity index (χ0v) is 30.3. The Morgan fingerprint density at radius 1 is 0.706 bits per heavy atom. The molecular formula is C36H43N5O9S. The highest BCUT2D eigenvalue weighted by Crippen LogP contribution is 2.53. The maximum Gasteiger partial charge on any atom is 0.408 e. The summed E-state index contributed by atoms with van der Waals surface area (Å²) in [7, 11) is 4.93. The van der Waals surface area contributed by atoms with Crippen LogP contribution in [0.1, 0.15) is 37.5 Å². The number of methoxy groups -OCH3 is 2. The summed E-state index contributed by atoms with van der Waals surface area (Å²) in [6, 6.07) is 16.6. The van der Waals surface area contributed by atoms with Crippen molar-refractivity contribution in [2.75, 3.05) is 45.8 Å². The largest absolute Gasteiger partial charge is 0.496 e. The Morgan fingerprint density at radius 3 is 1.90 bits per heavy atom. The number of ether oxygens (including phenoxy) is 4. The molecule has 3 aromatic rings. The number of alkyl carbamates (subject to hydrolysis) is 1. The van der Waals surface area contributed by atoms with Crippen molar-refractivity contribution in [3.8, 4) is 11.5 Å². The summed E-state index contributed by atoms with van der Waals surface area (Å²) in [5.74, 6) is -1.00. The lowest BCUT2D eigenvalue weighted by Gasteiger charge is -2.33. The second kappa shape index (κ2) is 17.5. The molecule has 0 atom stereocenters. The highest BCUT2D eigenvalue weighted by Gasteiger charge is 2.30. The summed E-state index contributed by atoms with van der Waals surface area (Å²) in [5.41, 5.74) is 3.09. The van der Waals surface area contributed by atoms with Gasteiger partial charge in [0, 0.05) is 34.5 Å². The van der Waals surface area contributed by atoms with Gasteiger partial charge in [-0.3, -0.25) is 19.2 Å². The van der Waals surface area contributed by atoms with Gasteiger partial charge in [-0.2, -0.15) is 0 Å². The minimum atomic E-state index is -0.702. The van der Waals surface area contributed by atoms with Gasteiger partial charge in [0.15, 0.2) is 0 Å². The lowest BCUT2D eigenvalue weighted by Crippen LogP contribution is -2.40. The van der Waals surface area contributed by atoms with E-state index >= 15 is 0 Å². The molecule has 1 aliphatic rings. The van der Waals surface area contributed by atoms with Crippen LogP contribution < -0.4 is 35.6 Å². The SMILES string of the molecule is COc1ccc2c(c1CNC(=O)CNC(=O)OC(C)(C)C)Sc1c(ccc(OC)c1CC(=O)NCC(=O)NCC(=O)OCc1ccccc1)N2C. The third kappa shape index (κ3) is 10.8. The second-order valence-electron chi connectivity index (χ2n) is 12.4. The van der Waals surface area contributed by atoms with E-state index < -0.39 is 35.4 Å². The van der Waals surface area contributed by atoms with E-state index in [0.29, 0.717) is 22.6 Å². The van der Waals surface area contributed by atoms with Gasteiger partial charge in [-0.1, -0.05) is 42.1 Å². The standard InChI is InChI=1S/C36H43N5O9S/c1-36(2,3)50-35(46)40-19-31(44)37-17-24-28(48-6)15-13-26-34(24)51-33-23(27(47-5)14-12-25(33)41(26)4)16-29(42)38-18-30(43)39-20-32(45)49-21-22-10-8-7-9-11-22/h7-15H,16-21H2,1-6H3,(H,37,44)(H,38,42)(H,39,43)(H,40,46). The van der Waals surface area contributed by atoms with Crippen LogP contribution in [0, 0.1) is 0 Å². The Balaban J connectivity index is 1.41. The number of hydrogen-bond acceptors (Lipinski definition) is 11. The first-order valence-corrected chi connectivity index (χ1v) is 16.9. The minimum Gasteiger partial charge on any atom is -0.496 e. The molecule has 272 valence electrons. The van der Waals surface area contributed by atoms with E-state index in [1.54, 1.807) is 26.8 Å². The fourth-order valence-corrected chi connectivity index (χ4v) is 6.46. The molecule has 51 heavy (non-hydrogen) atoms. The molecule has 0 unspecified atom stereocenters. The van der Waals surface area contributed by atoms with Gasteiger partial charge >= 0.3 is 12.1 Å². The molecular weight excluding hydrogens is 678 g/mol. The number of benzene rings is 3. The Morgan fingerprint density at radius 2 is 1.27 bits per heavy atom. The van der Waals surface area contributed by atoms with Crippen molar-refractivity contribution in [2.45, 2.75) is 55.7 Å². The molecule has 0 spiro atoms. The first kappa shape index (κ1) is 38.4. The average molecular weight is 722 g/mol. The maximum atomic E-state index is 13.2. The lowest BCUT2D eigenvalue weighted by molar-refractivity contribution is -0.145. The minimum absolute atomic E-state index is 0.0867. The van der Waals surface area contributed by atoms with Gasteiger partial charge in [-0.15, -0.1) is 0 Å². The molecule has 0 saturated heterocycles. The Hall–Kier alpha value is -5.44. The zero-order chi connectivity index (χ0) is 37.1. The van der Waals surface area contributed by atoms with Crippen molar-refractivity contribution in [3.05, 3.63) is 71.3 Å². The molecule has 1 aliphatic heterocycles. The third-order valence-corrected chi connectivity index (χ3v) is 8.79. The van der Waals surface area contributed by atoms with Crippen LogP contribution in [0.3, 0.4) is 0 Å². The number of fused-ring (bicyclic) bond motifs is 2. The Labute approximate surface area is 300 Å². The molecule has 4 N–H and O–H groups in total. The van der Waals surface area contributed by atoms with Gasteiger partial charge in [-0.05, 0) is 50.6 Å². The van der Waals surface area contributed by atoms with Crippen LogP contribution in [0.25, 0.3) is 0 Å². The van der Waals surface area contributed by atoms with E-state index in [0.717, 1.165) is 26.7 Å². The van der Waals surface area contributed by atoms with Crippen molar-refractivity contribution in [2.24, 2.45) is 0 Å². The molecule has 0 aromatic heterocycles. The smallest absolute Gasteiger partial charge is 0.408 e. The molecule has 0 aliphatic carbocycles. The molecule has 3 aromatic carbocycles. The fraction of sp³-hybridized carbons (Fsp3) is 0.361. The number of carbonyl (C=O) groups is 5. The fourth-order valence-electron chi connectivity index (χ4n) is 5.04. The quantitative estimate of drug-likeness (QED) is 0.179. The van der Waals surface area contributed by atoms with Gasteiger partial charge in [0.1, 0.15) is 36.8 Å². The summed E-state index contributed by atoms with van der Waals surface area (Å²) in [6.45, 7) is 4.40. The van der Waals surface area contributed by atoms with E-state index in [-0.39, 0.29) is 39.2 Å². The predicted octanol–water partition coefficient (Wildman–Crippen LogP) is 3.60. The summed E-state index contributed by atoms with van der Waals surface area (Å²) < 4.78 is 21.7. The van der Waals surface area contributed by atoms with Crippen molar-refractivity contribution in [1.82, 2.24) is 21.3 Å². The molecule has 4 amide bonds. The molecule has 0 saturated carbocycles. The van der Waals surface area contributed by atoms with Gasteiger partial charge in [0.25, 0.3) is 0 Å². The van der Waals surface area contributed by atoms with Gasteiger partial charge < -0.3 is 45.1 Å². The average Bonchev–Trinajstić information content (AvgIpc) is 3.10. The third-order valence-electron chi connectivity index (χ3n) is 7.47. The van der Waals surface area contributed by atoms with Gasteiger partial charge in [0.2, 0.25) is 17.7 Å². The summed E-state index contributed by atoms with van der Waals surface area (Å²) in [4.78, 5) is 65.9. The highest BCUT2D eigenvalue weighted by molar-refractivity contribution is 7.99. The number of hydrogen-bond donors (Lipinski definition) is 4. The summed E-state index contributed by atoms with van der Waals surface area (Å²) >= 11 is 1.40. The number of esters is 1. The molecule has 4 rings (SSSR count). The molecule has 14 nitrogen and oxygen atoms in total. The van der Waals surface area contributed by atoms with Crippen LogP contribution >= 0.6 is 11.8 Å². The molecule has 0 radical (unpaired) electrons. The maximum absolute atomic E-state index is 13.2. The molecule has 0 fully saturated rings. The highest BCUT2D eigenvalue weighted by atomic mass is 32.2. The van der Waals surface area contributed by atoms with Crippen LogP contribution in [0.15, 0.2) is 64.4 Å². The van der Waals surface area contributed by atoms with Crippen LogP contribution in [-0.2, 0) is 48.2 Å². The molecule has 0 bridgehead atoms. The molecule has 15 heteroatoms. The van der Waals surface area contributed by atoms with E-state index in [2.05, 4.69) is 21.3 Å². The van der Waals surface area contributed by atoms with E-state index in [1.807, 2.05) is 60.5 Å². The summed E-state index contributed by atoms with van der Waals surface area (Å²) in [5, 5.41) is 10.3. The predicted molar refractivity (Wildman–Crippen MR) is 190 cm³/mol. The first-order valence-electron chi connectivity index (χ1n) is 16.1. The van der Waals surface area contributed by atoms with Crippen molar-refractivity contribution in [1.29, 1.82) is 0 Å². The van der Waals surface area contributed by atoms with Crippen LogP contribution in [0.2, 0.25) is 0 Å². The monoisotopic (exact) mass is 721 g/mol. The normalized spacial score (nSPS) is 11.7. The van der Waals surface area contributed by atoms with Crippen molar-refractivity contribution >= 4 is 52.9 Å². The van der Waals surface area contributed by atoms with E-state index in [1.165, 1.54) is 26.0 Å². The Bertz CT molecular complexity index is 1760. The van der Waals surface area contributed by atoms with Crippen molar-refractivity contribution < 1.29 is 42.9 Å². The Kier molecular flexibility index (Phi) is 13.1. The van der Waals surface area contributed by atoms with Crippen LogP contribution in [-0.4, -0.2) is 76.3 Å². The topological polar surface area (TPSA) is 174 Å².